The number of rotatable bonds is 5. The molecule has 132 valence electrons. The van der Waals surface area contributed by atoms with Gasteiger partial charge in [-0.3, -0.25) is 0 Å². The molecule has 1 aliphatic rings. The zero-order chi connectivity index (χ0) is 17.6. The minimum Gasteiger partial charge on any atom is -0.463 e. The minimum absolute atomic E-state index is 0.0615. The van der Waals surface area contributed by atoms with Crippen LogP contribution in [0.3, 0.4) is 0 Å². The van der Waals surface area contributed by atoms with Crippen LogP contribution >= 0.6 is 0 Å². The van der Waals surface area contributed by atoms with Crippen LogP contribution in [-0.2, 0) is 16.0 Å². The molecule has 1 aromatic carbocycles. The van der Waals surface area contributed by atoms with Crippen molar-refractivity contribution in [2.75, 3.05) is 43.6 Å². The summed E-state index contributed by atoms with van der Waals surface area (Å²) in [6.07, 6.45) is 0. The van der Waals surface area contributed by atoms with E-state index in [1.165, 1.54) is 18.4 Å². The molecule has 0 spiro atoms. The van der Waals surface area contributed by atoms with Crippen molar-refractivity contribution >= 4 is 17.5 Å². The summed E-state index contributed by atoms with van der Waals surface area (Å²) in [5.41, 5.74) is 3.07. The fourth-order valence-corrected chi connectivity index (χ4v) is 2.80. The average Bonchev–Trinajstić information content (AvgIpc) is 2.66. The summed E-state index contributed by atoms with van der Waals surface area (Å²) in [5.74, 6) is 0.122. The number of anilines is 2. The Balaban J connectivity index is 1.76. The molecule has 1 aliphatic heterocycles. The van der Waals surface area contributed by atoms with Crippen LogP contribution in [0.4, 0.5) is 11.5 Å². The highest BCUT2D eigenvalue weighted by molar-refractivity contribution is 5.85. The van der Waals surface area contributed by atoms with Gasteiger partial charge < -0.3 is 19.7 Å². The van der Waals surface area contributed by atoms with Crippen LogP contribution in [0.25, 0.3) is 0 Å². The second kappa shape index (κ2) is 7.94. The largest absolute Gasteiger partial charge is 0.463 e. The normalized spacial score (nSPS) is 14.2. The predicted octanol–water partition coefficient (Wildman–Crippen LogP) is 2.02. The van der Waals surface area contributed by atoms with Crippen molar-refractivity contribution in [3.63, 3.8) is 0 Å². The molecule has 2 aromatic rings. The molecule has 0 bridgehead atoms. The lowest BCUT2D eigenvalue weighted by Crippen LogP contribution is -2.36. The van der Waals surface area contributed by atoms with Crippen LogP contribution < -0.4 is 10.2 Å². The Hall–Kier alpha value is -2.67. The number of aromatic nitrogens is 2. The van der Waals surface area contributed by atoms with Gasteiger partial charge in [0.2, 0.25) is 5.82 Å². The molecule has 0 unspecified atom stereocenters. The van der Waals surface area contributed by atoms with Crippen LogP contribution in [0.15, 0.2) is 30.3 Å². The molecule has 0 radical (unpaired) electrons. The first-order chi connectivity index (χ1) is 12.2. The van der Waals surface area contributed by atoms with E-state index in [4.69, 9.17) is 9.47 Å². The number of ether oxygens (including phenoxy) is 2. The molecule has 1 aromatic heterocycles. The number of morpholine rings is 1. The maximum atomic E-state index is 11.7. The molecule has 0 aliphatic carbocycles. The number of hydrogen-bond donors (Lipinski definition) is 1. The number of benzene rings is 1. The topological polar surface area (TPSA) is 76.6 Å². The van der Waals surface area contributed by atoms with Gasteiger partial charge in [0.15, 0.2) is 0 Å². The summed E-state index contributed by atoms with van der Waals surface area (Å²) >= 11 is 0. The van der Waals surface area contributed by atoms with E-state index in [0.717, 1.165) is 26.3 Å². The van der Waals surface area contributed by atoms with Gasteiger partial charge in [0.05, 0.1) is 20.3 Å². The molecule has 1 saturated heterocycles. The van der Waals surface area contributed by atoms with Crippen molar-refractivity contribution in [3.8, 4) is 0 Å². The van der Waals surface area contributed by atoms with E-state index in [2.05, 4.69) is 32.3 Å². The molecule has 25 heavy (non-hydrogen) atoms. The Morgan fingerprint density at radius 1 is 1.28 bits per heavy atom. The number of carbonyl (C=O) groups is 1. The number of methoxy groups -OCH3 is 1. The Morgan fingerprint density at radius 2 is 2.04 bits per heavy atom. The summed E-state index contributed by atoms with van der Waals surface area (Å²) < 4.78 is 10.1. The fraction of sp³-hybridized carbons (Fsp3) is 0.389. The quantitative estimate of drug-likeness (QED) is 0.833. The summed E-state index contributed by atoms with van der Waals surface area (Å²) in [6.45, 7) is 5.68. The van der Waals surface area contributed by atoms with E-state index < -0.39 is 5.97 Å². The van der Waals surface area contributed by atoms with Gasteiger partial charge in [-0.15, -0.1) is 0 Å². The van der Waals surface area contributed by atoms with E-state index in [9.17, 15) is 4.79 Å². The van der Waals surface area contributed by atoms with E-state index in [0.29, 0.717) is 18.1 Å². The van der Waals surface area contributed by atoms with Gasteiger partial charge >= 0.3 is 5.97 Å². The monoisotopic (exact) mass is 342 g/mol. The van der Waals surface area contributed by atoms with Gasteiger partial charge in [0.25, 0.3) is 0 Å². The molecule has 7 heteroatoms. The smallest absolute Gasteiger partial charge is 0.376 e. The van der Waals surface area contributed by atoms with Crippen molar-refractivity contribution in [2.24, 2.45) is 0 Å². The fourth-order valence-electron chi connectivity index (χ4n) is 2.80. The van der Waals surface area contributed by atoms with Crippen LogP contribution in [0.1, 0.15) is 21.9 Å². The first kappa shape index (κ1) is 17.2. The number of aryl methyl sites for hydroxylation is 1. The third kappa shape index (κ3) is 4.24. The summed E-state index contributed by atoms with van der Waals surface area (Å²) in [7, 11) is 1.32. The molecule has 3 rings (SSSR count). The zero-order valence-corrected chi connectivity index (χ0v) is 14.5. The molecule has 0 saturated carbocycles. The number of esters is 1. The molecule has 1 N–H and O–H groups in total. The van der Waals surface area contributed by atoms with Crippen molar-refractivity contribution in [2.45, 2.75) is 13.5 Å². The molecule has 7 nitrogen and oxygen atoms in total. The maximum absolute atomic E-state index is 11.7. The number of hydrogen-bond acceptors (Lipinski definition) is 7. The van der Waals surface area contributed by atoms with Crippen LogP contribution in [0, 0.1) is 6.92 Å². The van der Waals surface area contributed by atoms with Gasteiger partial charge in [0.1, 0.15) is 5.82 Å². The molecule has 0 amide bonds. The summed E-state index contributed by atoms with van der Waals surface area (Å²) in [6, 6.07) is 10.1. The van der Waals surface area contributed by atoms with Gasteiger partial charge in [0, 0.05) is 37.1 Å². The van der Waals surface area contributed by atoms with Crippen LogP contribution in [0.5, 0.6) is 0 Å². The lowest BCUT2D eigenvalue weighted by atomic mass is 10.1. The number of nitrogens with zero attached hydrogens (tertiary/aromatic N) is 3. The lowest BCUT2D eigenvalue weighted by molar-refractivity contribution is 0.0586. The van der Waals surface area contributed by atoms with Crippen molar-refractivity contribution in [1.29, 1.82) is 0 Å². The highest BCUT2D eigenvalue weighted by Gasteiger charge is 2.15. The highest BCUT2D eigenvalue weighted by atomic mass is 16.5. The Bertz CT molecular complexity index is 745. The van der Waals surface area contributed by atoms with Gasteiger partial charge in [-0.25, -0.2) is 14.8 Å². The Morgan fingerprint density at radius 3 is 2.80 bits per heavy atom. The van der Waals surface area contributed by atoms with Crippen molar-refractivity contribution < 1.29 is 14.3 Å². The number of nitrogens with one attached hydrogen (secondary N) is 1. The predicted molar refractivity (Wildman–Crippen MR) is 94.9 cm³/mol. The SMILES string of the molecule is COC(=O)c1nc(C)cc(NCc2ccccc2N2CCOCC2)n1. The molecule has 0 atom stereocenters. The number of para-hydroxylation sites is 1. The first-order valence-corrected chi connectivity index (χ1v) is 8.26. The van der Waals surface area contributed by atoms with Gasteiger partial charge in [-0.1, -0.05) is 18.2 Å². The van der Waals surface area contributed by atoms with E-state index in [-0.39, 0.29) is 5.82 Å². The maximum Gasteiger partial charge on any atom is 0.376 e. The zero-order valence-electron chi connectivity index (χ0n) is 14.5. The number of carbonyl (C=O) groups excluding carboxylic acids is 1. The molecular formula is C18H22N4O3. The Labute approximate surface area is 147 Å². The van der Waals surface area contributed by atoms with E-state index in [1.54, 1.807) is 0 Å². The second-order valence-electron chi connectivity index (χ2n) is 5.79. The molecule has 2 heterocycles. The highest BCUT2D eigenvalue weighted by Crippen LogP contribution is 2.22. The van der Waals surface area contributed by atoms with E-state index in [1.807, 2.05) is 25.1 Å². The first-order valence-electron chi connectivity index (χ1n) is 8.26. The lowest BCUT2D eigenvalue weighted by Gasteiger charge is -2.30. The third-order valence-corrected chi connectivity index (χ3v) is 4.03. The van der Waals surface area contributed by atoms with E-state index >= 15 is 0 Å². The van der Waals surface area contributed by atoms with Crippen LogP contribution in [-0.4, -0.2) is 49.4 Å². The summed E-state index contributed by atoms with van der Waals surface area (Å²) in [4.78, 5) is 22.3. The summed E-state index contributed by atoms with van der Waals surface area (Å²) in [5, 5.41) is 3.28. The average molecular weight is 342 g/mol. The minimum atomic E-state index is -0.541. The standard InChI is InChI=1S/C18H22N4O3/c1-13-11-16(21-17(20-13)18(23)24-2)19-12-14-5-3-4-6-15(14)22-7-9-25-10-8-22/h3-6,11H,7-10,12H2,1-2H3,(H,19,20,21). The van der Waals surface area contributed by atoms with Gasteiger partial charge in [-0.2, -0.15) is 0 Å². The molecular weight excluding hydrogens is 320 g/mol. The van der Waals surface area contributed by atoms with Crippen molar-refractivity contribution in [3.05, 3.63) is 47.4 Å². The third-order valence-electron chi connectivity index (χ3n) is 4.03. The Kier molecular flexibility index (Phi) is 5.45. The second-order valence-corrected chi connectivity index (χ2v) is 5.79. The van der Waals surface area contributed by atoms with Crippen LogP contribution in [0.2, 0.25) is 0 Å². The molecule has 1 fully saturated rings. The van der Waals surface area contributed by atoms with Gasteiger partial charge in [-0.05, 0) is 18.6 Å². The van der Waals surface area contributed by atoms with Crippen molar-refractivity contribution in [1.82, 2.24) is 9.97 Å².